The van der Waals surface area contributed by atoms with E-state index in [-0.39, 0.29) is 5.91 Å². The van der Waals surface area contributed by atoms with Crippen LogP contribution in [0.4, 0.5) is 0 Å². The predicted octanol–water partition coefficient (Wildman–Crippen LogP) is 5.48. The summed E-state index contributed by atoms with van der Waals surface area (Å²) >= 11 is 1.66. The number of hydrogen-bond acceptors (Lipinski definition) is 5. The highest BCUT2D eigenvalue weighted by Gasteiger charge is 2.15. The Labute approximate surface area is 185 Å². The number of thioether (sulfide) groups is 1. The molecule has 0 bridgehead atoms. The van der Waals surface area contributed by atoms with Crippen molar-refractivity contribution in [2.24, 2.45) is 0 Å². The summed E-state index contributed by atoms with van der Waals surface area (Å²) < 4.78 is 11.2. The standard InChI is InChI=1S/C25H22N2O3S/c28-25(24-21(12-14-29-24)18-31-22-9-5-2-6-10-22)27-16-20-11-13-26-23(15-20)30-17-19-7-3-1-4-8-19/h1-15H,16-18H2,(H,27,28). The molecule has 0 saturated heterocycles. The molecule has 5 nitrogen and oxygen atoms in total. The summed E-state index contributed by atoms with van der Waals surface area (Å²) in [6, 6.07) is 25.5. The Morgan fingerprint density at radius 1 is 0.968 bits per heavy atom. The van der Waals surface area contributed by atoms with Gasteiger partial charge in [0.15, 0.2) is 5.76 Å². The summed E-state index contributed by atoms with van der Waals surface area (Å²) in [6.45, 7) is 0.799. The minimum Gasteiger partial charge on any atom is -0.473 e. The van der Waals surface area contributed by atoms with E-state index in [0.29, 0.717) is 30.5 Å². The van der Waals surface area contributed by atoms with Crippen molar-refractivity contribution in [2.45, 2.75) is 23.8 Å². The molecule has 0 aliphatic heterocycles. The third-order valence-electron chi connectivity index (χ3n) is 4.57. The SMILES string of the molecule is O=C(NCc1ccnc(OCc2ccccc2)c1)c1occc1CSc1ccccc1. The second-order valence-electron chi connectivity index (χ2n) is 6.84. The molecule has 1 amide bonds. The maximum Gasteiger partial charge on any atom is 0.287 e. The Balaban J connectivity index is 1.31. The number of carbonyl (C=O) groups excluding carboxylic acids is 1. The van der Waals surface area contributed by atoms with Crippen LogP contribution in [0.1, 0.15) is 27.2 Å². The normalized spacial score (nSPS) is 10.6. The van der Waals surface area contributed by atoms with E-state index in [4.69, 9.17) is 9.15 Å². The second kappa shape index (κ2) is 10.5. The highest BCUT2D eigenvalue weighted by Crippen LogP contribution is 2.25. The van der Waals surface area contributed by atoms with Gasteiger partial charge in [-0.1, -0.05) is 48.5 Å². The molecule has 0 atom stereocenters. The summed E-state index contributed by atoms with van der Waals surface area (Å²) in [5.74, 6) is 1.29. The molecule has 0 saturated carbocycles. The van der Waals surface area contributed by atoms with Gasteiger partial charge in [-0.05, 0) is 35.4 Å². The number of nitrogens with zero attached hydrogens (tertiary/aromatic N) is 1. The molecule has 0 radical (unpaired) electrons. The lowest BCUT2D eigenvalue weighted by Crippen LogP contribution is -2.23. The largest absolute Gasteiger partial charge is 0.473 e. The molecule has 156 valence electrons. The Morgan fingerprint density at radius 2 is 1.74 bits per heavy atom. The van der Waals surface area contributed by atoms with Crippen molar-refractivity contribution >= 4 is 17.7 Å². The Kier molecular flexibility index (Phi) is 7.03. The molecule has 6 heteroatoms. The number of ether oxygens (including phenoxy) is 1. The van der Waals surface area contributed by atoms with E-state index in [1.807, 2.05) is 78.9 Å². The van der Waals surface area contributed by atoms with E-state index in [0.717, 1.165) is 21.6 Å². The van der Waals surface area contributed by atoms with Crippen LogP contribution in [0, 0.1) is 0 Å². The number of aromatic nitrogens is 1. The first-order chi connectivity index (χ1) is 15.3. The molecule has 0 spiro atoms. The van der Waals surface area contributed by atoms with Crippen LogP contribution in [0.3, 0.4) is 0 Å². The van der Waals surface area contributed by atoms with Gasteiger partial charge in [-0.25, -0.2) is 4.98 Å². The molecule has 0 unspecified atom stereocenters. The number of carbonyl (C=O) groups is 1. The van der Waals surface area contributed by atoms with Crippen molar-refractivity contribution in [3.05, 3.63) is 114 Å². The number of hydrogen-bond donors (Lipinski definition) is 1. The average Bonchev–Trinajstić information content (AvgIpc) is 3.30. The Bertz CT molecular complexity index is 1110. The van der Waals surface area contributed by atoms with Gasteiger partial charge >= 0.3 is 0 Å². The minimum atomic E-state index is -0.239. The predicted molar refractivity (Wildman–Crippen MR) is 121 cm³/mol. The maximum absolute atomic E-state index is 12.6. The summed E-state index contributed by atoms with van der Waals surface area (Å²) in [7, 11) is 0. The van der Waals surface area contributed by atoms with Gasteiger partial charge in [0.05, 0.1) is 6.26 Å². The van der Waals surface area contributed by atoms with Crippen LogP contribution in [0.2, 0.25) is 0 Å². The number of nitrogens with one attached hydrogen (secondary N) is 1. The quantitative estimate of drug-likeness (QED) is 0.357. The number of rotatable bonds is 9. The molecule has 2 aromatic heterocycles. The van der Waals surface area contributed by atoms with Crippen molar-refractivity contribution in [1.82, 2.24) is 10.3 Å². The highest BCUT2D eigenvalue weighted by molar-refractivity contribution is 7.98. The molecule has 0 aliphatic rings. The first-order valence-corrected chi connectivity index (χ1v) is 10.9. The maximum atomic E-state index is 12.6. The zero-order chi connectivity index (χ0) is 21.3. The molecule has 2 heterocycles. The monoisotopic (exact) mass is 430 g/mol. The molecule has 0 fully saturated rings. The fraction of sp³-hybridized carbons (Fsp3) is 0.120. The van der Waals surface area contributed by atoms with E-state index in [9.17, 15) is 4.79 Å². The summed E-state index contributed by atoms with van der Waals surface area (Å²) in [5.41, 5.74) is 2.84. The summed E-state index contributed by atoms with van der Waals surface area (Å²) in [6.07, 6.45) is 3.23. The minimum absolute atomic E-state index is 0.239. The zero-order valence-corrected chi connectivity index (χ0v) is 17.7. The van der Waals surface area contributed by atoms with Gasteiger partial charge in [-0.15, -0.1) is 11.8 Å². The lowest BCUT2D eigenvalue weighted by molar-refractivity contribution is 0.0922. The molecule has 2 aromatic carbocycles. The summed E-state index contributed by atoms with van der Waals surface area (Å²) in [4.78, 5) is 18.0. The van der Waals surface area contributed by atoms with Crippen LogP contribution in [-0.4, -0.2) is 10.9 Å². The van der Waals surface area contributed by atoms with Crippen molar-refractivity contribution < 1.29 is 13.9 Å². The van der Waals surface area contributed by atoms with Crippen LogP contribution < -0.4 is 10.1 Å². The third-order valence-corrected chi connectivity index (χ3v) is 5.63. The Morgan fingerprint density at radius 3 is 2.55 bits per heavy atom. The molecular weight excluding hydrogens is 408 g/mol. The van der Waals surface area contributed by atoms with Gasteiger partial charge in [-0.2, -0.15) is 0 Å². The topological polar surface area (TPSA) is 64.4 Å². The molecule has 4 aromatic rings. The fourth-order valence-corrected chi connectivity index (χ4v) is 3.86. The lowest BCUT2D eigenvalue weighted by Gasteiger charge is -2.08. The zero-order valence-electron chi connectivity index (χ0n) is 16.9. The van der Waals surface area contributed by atoms with Crippen LogP contribution in [-0.2, 0) is 18.9 Å². The van der Waals surface area contributed by atoms with E-state index < -0.39 is 0 Å². The van der Waals surface area contributed by atoms with Crippen molar-refractivity contribution in [3.63, 3.8) is 0 Å². The molecule has 0 aliphatic carbocycles. The van der Waals surface area contributed by atoms with Gasteiger partial charge in [0.25, 0.3) is 5.91 Å². The number of furan rings is 1. The fourth-order valence-electron chi connectivity index (χ4n) is 2.96. The van der Waals surface area contributed by atoms with Crippen LogP contribution in [0.25, 0.3) is 0 Å². The average molecular weight is 431 g/mol. The van der Waals surface area contributed by atoms with E-state index in [1.165, 1.54) is 0 Å². The van der Waals surface area contributed by atoms with Gasteiger partial charge in [-0.3, -0.25) is 4.79 Å². The first-order valence-electron chi connectivity index (χ1n) is 9.92. The van der Waals surface area contributed by atoms with E-state index in [2.05, 4.69) is 10.3 Å². The molecule has 31 heavy (non-hydrogen) atoms. The van der Waals surface area contributed by atoms with Gasteiger partial charge in [0.2, 0.25) is 5.88 Å². The molecule has 1 N–H and O–H groups in total. The van der Waals surface area contributed by atoms with Crippen molar-refractivity contribution in [1.29, 1.82) is 0 Å². The van der Waals surface area contributed by atoms with Crippen molar-refractivity contribution in [3.8, 4) is 5.88 Å². The second-order valence-corrected chi connectivity index (χ2v) is 7.88. The van der Waals surface area contributed by atoms with Crippen LogP contribution in [0.5, 0.6) is 5.88 Å². The lowest BCUT2D eigenvalue weighted by atomic mass is 10.2. The molecular formula is C25H22N2O3S. The third kappa shape index (κ3) is 5.99. The smallest absolute Gasteiger partial charge is 0.287 e. The Hall–Kier alpha value is -3.51. The highest BCUT2D eigenvalue weighted by atomic mass is 32.2. The number of pyridine rings is 1. The van der Waals surface area contributed by atoms with Crippen molar-refractivity contribution in [2.75, 3.05) is 0 Å². The number of benzene rings is 2. The van der Waals surface area contributed by atoms with Gasteiger partial charge in [0, 0.05) is 35.0 Å². The molecule has 4 rings (SSSR count). The van der Waals surface area contributed by atoms with Gasteiger partial charge < -0.3 is 14.5 Å². The summed E-state index contributed by atoms with van der Waals surface area (Å²) in [5, 5.41) is 2.92. The number of amides is 1. The van der Waals surface area contributed by atoms with Crippen LogP contribution in [0.15, 0.2) is 101 Å². The van der Waals surface area contributed by atoms with Gasteiger partial charge in [0.1, 0.15) is 6.61 Å². The first kappa shape index (κ1) is 20.8. The van der Waals surface area contributed by atoms with E-state index in [1.54, 1.807) is 24.2 Å². The van der Waals surface area contributed by atoms with E-state index >= 15 is 0 Å². The van der Waals surface area contributed by atoms with Crippen LogP contribution >= 0.6 is 11.8 Å².